The number of unbranched alkanes of at least 4 members (excludes halogenated alkanes) is 4. The van der Waals surface area contributed by atoms with E-state index >= 15 is 0 Å². The Balaban J connectivity index is 4.75. The summed E-state index contributed by atoms with van der Waals surface area (Å²) in [6.07, 6.45) is 90.2. The van der Waals surface area contributed by atoms with E-state index < -0.39 is 18.0 Å². The minimum Gasteiger partial charge on any atom is -0.462 e. The van der Waals surface area contributed by atoms with Crippen molar-refractivity contribution in [1.82, 2.24) is 0 Å². The molecule has 0 aliphatic rings. The number of ether oxygens (including phenoxy) is 3. The second-order valence-corrected chi connectivity index (χ2v) is 17.4. The summed E-state index contributed by atoms with van der Waals surface area (Å²) in [7, 11) is 0. The van der Waals surface area contributed by atoms with Gasteiger partial charge in [0.05, 0.1) is 0 Å². The molecule has 0 N–H and O–H groups in total. The molecule has 73 heavy (non-hydrogen) atoms. The topological polar surface area (TPSA) is 78.9 Å². The molecule has 0 saturated carbocycles. The van der Waals surface area contributed by atoms with E-state index in [1.807, 2.05) is 24.3 Å². The van der Waals surface area contributed by atoms with Crippen LogP contribution in [0.2, 0.25) is 0 Å². The number of allylic oxidation sites excluding steroid dienone is 32. The van der Waals surface area contributed by atoms with Gasteiger partial charge in [0.15, 0.2) is 6.10 Å². The first kappa shape index (κ1) is 67.2. The minimum atomic E-state index is -0.884. The average Bonchev–Trinajstić information content (AvgIpc) is 3.39. The monoisotopic (exact) mass is 999 g/mol. The molecule has 1 atom stereocenters. The molecule has 0 aliphatic carbocycles. The molecule has 402 valence electrons. The van der Waals surface area contributed by atoms with E-state index in [-0.39, 0.29) is 38.4 Å². The quantitative estimate of drug-likeness (QED) is 0.0262. The largest absolute Gasteiger partial charge is 0.462 e. The molecule has 0 aliphatic heterocycles. The molecule has 6 heteroatoms. The summed E-state index contributed by atoms with van der Waals surface area (Å²) in [6, 6.07) is 0. The first-order valence-electron chi connectivity index (χ1n) is 27.9. The van der Waals surface area contributed by atoms with Gasteiger partial charge in [0.1, 0.15) is 13.2 Å². The minimum absolute atomic E-state index is 0.165. The van der Waals surface area contributed by atoms with Crippen molar-refractivity contribution in [2.24, 2.45) is 0 Å². The van der Waals surface area contributed by atoms with Gasteiger partial charge in [-0.2, -0.15) is 0 Å². The highest BCUT2D eigenvalue weighted by Gasteiger charge is 2.19. The van der Waals surface area contributed by atoms with E-state index in [4.69, 9.17) is 14.2 Å². The molecular formula is C67H98O6. The Morgan fingerprint density at radius 3 is 0.863 bits per heavy atom. The van der Waals surface area contributed by atoms with Crippen LogP contribution in [0.15, 0.2) is 194 Å². The number of hydrogen-bond acceptors (Lipinski definition) is 6. The van der Waals surface area contributed by atoms with Gasteiger partial charge < -0.3 is 14.2 Å². The Morgan fingerprint density at radius 1 is 0.288 bits per heavy atom. The Kier molecular flexibility index (Phi) is 54.2. The van der Waals surface area contributed by atoms with Crippen LogP contribution < -0.4 is 0 Å². The smallest absolute Gasteiger partial charge is 0.306 e. The highest BCUT2D eigenvalue weighted by atomic mass is 16.6. The summed E-state index contributed by atoms with van der Waals surface area (Å²) in [5.41, 5.74) is 0. The zero-order valence-electron chi connectivity index (χ0n) is 45.8. The van der Waals surface area contributed by atoms with Gasteiger partial charge >= 0.3 is 17.9 Å². The zero-order valence-corrected chi connectivity index (χ0v) is 45.8. The van der Waals surface area contributed by atoms with E-state index in [9.17, 15) is 14.4 Å². The lowest BCUT2D eigenvalue weighted by Crippen LogP contribution is -2.30. The third-order valence-electron chi connectivity index (χ3n) is 10.6. The lowest BCUT2D eigenvalue weighted by atomic mass is 10.2. The van der Waals surface area contributed by atoms with Crippen molar-refractivity contribution in [1.29, 1.82) is 0 Å². The first-order valence-corrected chi connectivity index (χ1v) is 27.9. The predicted molar refractivity (Wildman–Crippen MR) is 315 cm³/mol. The predicted octanol–water partition coefficient (Wildman–Crippen LogP) is 19.1. The fourth-order valence-corrected chi connectivity index (χ4v) is 6.48. The van der Waals surface area contributed by atoms with Crippen molar-refractivity contribution in [3.05, 3.63) is 194 Å². The average molecular weight is 1000 g/mol. The molecule has 0 saturated heterocycles. The zero-order chi connectivity index (χ0) is 52.9. The molecule has 0 aromatic carbocycles. The van der Waals surface area contributed by atoms with Crippen LogP contribution in [0.1, 0.15) is 188 Å². The van der Waals surface area contributed by atoms with Crippen LogP contribution in [0.25, 0.3) is 0 Å². The van der Waals surface area contributed by atoms with E-state index in [1.165, 1.54) is 25.7 Å². The SMILES string of the molecule is CC/C=C\C/C=C\C/C=C\C/C=C\C/C=C\C/C=C\CCC(=O)OC[C@H](COC(=O)CCC/C=C\C/C=C\C/C=C\C/C=C\CCCCC)OC(=O)CC/C=C\C/C=C\C/C=C\C/C=C\C/C=C\C/C=C\CC. The van der Waals surface area contributed by atoms with Crippen LogP contribution in [0.3, 0.4) is 0 Å². The molecule has 0 heterocycles. The maximum Gasteiger partial charge on any atom is 0.306 e. The molecule has 0 rings (SSSR count). The van der Waals surface area contributed by atoms with Gasteiger partial charge in [-0.25, -0.2) is 0 Å². The molecule has 0 aromatic rings. The van der Waals surface area contributed by atoms with Gasteiger partial charge in [-0.15, -0.1) is 0 Å². The van der Waals surface area contributed by atoms with Crippen LogP contribution in [-0.2, 0) is 28.6 Å². The normalized spacial score (nSPS) is 13.6. The first-order chi connectivity index (χ1) is 36.0. The van der Waals surface area contributed by atoms with Gasteiger partial charge in [-0.05, 0) is 135 Å². The summed E-state index contributed by atoms with van der Waals surface area (Å²) >= 11 is 0. The molecule has 0 unspecified atom stereocenters. The highest BCUT2D eigenvalue weighted by Crippen LogP contribution is 2.08. The molecule has 6 nitrogen and oxygen atoms in total. The van der Waals surface area contributed by atoms with E-state index in [0.717, 1.165) is 103 Å². The maximum absolute atomic E-state index is 12.8. The highest BCUT2D eigenvalue weighted by molar-refractivity contribution is 5.71. The number of hydrogen-bond donors (Lipinski definition) is 0. The van der Waals surface area contributed by atoms with Crippen LogP contribution in [0, 0.1) is 0 Å². The summed E-state index contributed by atoms with van der Waals surface area (Å²) < 4.78 is 16.6. The van der Waals surface area contributed by atoms with Crippen molar-refractivity contribution >= 4 is 17.9 Å². The van der Waals surface area contributed by atoms with Crippen molar-refractivity contribution in [2.45, 2.75) is 194 Å². The standard InChI is InChI=1S/C67H98O6/c1-4-7-10-13-16-19-22-25-28-31-33-36-39-42-45-48-51-54-57-60-66(69)72-63-64(62-71-65(68)59-56-53-50-47-44-41-38-35-30-27-24-21-18-15-12-9-6-3)73-67(70)61-58-55-52-49-46-43-40-37-34-32-29-26-23-20-17-14-11-8-5-2/h7-8,10-11,16-21,25-30,33-34,36-38,41-43,45-47,50-52,54-55,64H,4-6,9,12-15,22-24,31-32,35,39-40,44,48-49,53,56-63H2,1-3H3/b10-7-,11-8-,19-16-,20-17-,21-18-,28-25-,29-26-,30-27-,36-33-,37-34-,41-38-,45-42-,46-43-,50-47-,54-51-,55-52-/t64-/m0/s1. The lowest BCUT2D eigenvalue weighted by Gasteiger charge is -2.18. The summed E-state index contributed by atoms with van der Waals surface area (Å²) in [5, 5.41) is 0. The summed E-state index contributed by atoms with van der Waals surface area (Å²) in [4.78, 5) is 38.1. The Hall–Kier alpha value is -5.75. The molecule has 0 spiro atoms. The number of esters is 3. The Labute approximate surface area is 446 Å². The molecular weight excluding hydrogens is 901 g/mol. The van der Waals surface area contributed by atoms with Crippen molar-refractivity contribution < 1.29 is 28.6 Å². The number of carbonyl (C=O) groups excluding carboxylic acids is 3. The molecule has 0 fully saturated rings. The third-order valence-corrected chi connectivity index (χ3v) is 10.6. The van der Waals surface area contributed by atoms with E-state index in [1.54, 1.807) is 0 Å². The van der Waals surface area contributed by atoms with Gasteiger partial charge in [-0.3, -0.25) is 14.4 Å². The van der Waals surface area contributed by atoms with Crippen molar-refractivity contribution in [3.8, 4) is 0 Å². The second kappa shape index (κ2) is 58.8. The molecule has 0 amide bonds. The fourth-order valence-electron chi connectivity index (χ4n) is 6.48. The molecule has 0 aromatic heterocycles. The van der Waals surface area contributed by atoms with Gasteiger partial charge in [-0.1, -0.05) is 228 Å². The Morgan fingerprint density at radius 2 is 0.548 bits per heavy atom. The van der Waals surface area contributed by atoms with Crippen LogP contribution in [0.5, 0.6) is 0 Å². The number of rotatable bonds is 47. The third kappa shape index (κ3) is 57.0. The summed E-state index contributed by atoms with van der Waals surface area (Å²) in [5.74, 6) is -1.21. The number of carbonyl (C=O) groups is 3. The van der Waals surface area contributed by atoms with Crippen molar-refractivity contribution in [3.63, 3.8) is 0 Å². The molecule has 0 radical (unpaired) electrons. The van der Waals surface area contributed by atoms with Gasteiger partial charge in [0, 0.05) is 19.3 Å². The maximum atomic E-state index is 12.8. The lowest BCUT2D eigenvalue weighted by molar-refractivity contribution is -0.166. The van der Waals surface area contributed by atoms with Gasteiger partial charge in [0.25, 0.3) is 0 Å². The summed E-state index contributed by atoms with van der Waals surface area (Å²) in [6.45, 7) is 6.17. The van der Waals surface area contributed by atoms with E-state index in [2.05, 4.69) is 191 Å². The van der Waals surface area contributed by atoms with Crippen molar-refractivity contribution in [2.75, 3.05) is 13.2 Å². The Bertz CT molecular complexity index is 1810. The van der Waals surface area contributed by atoms with E-state index in [0.29, 0.717) is 19.3 Å². The van der Waals surface area contributed by atoms with Crippen LogP contribution in [-0.4, -0.2) is 37.2 Å². The fraction of sp³-hybridized carbons (Fsp3) is 0.478. The van der Waals surface area contributed by atoms with Gasteiger partial charge in [0.2, 0.25) is 0 Å². The van der Waals surface area contributed by atoms with Crippen LogP contribution >= 0.6 is 0 Å². The molecule has 0 bridgehead atoms. The van der Waals surface area contributed by atoms with Crippen LogP contribution in [0.4, 0.5) is 0 Å². The second-order valence-electron chi connectivity index (χ2n) is 17.4.